The van der Waals surface area contributed by atoms with Gasteiger partial charge in [0.2, 0.25) is 11.8 Å². The van der Waals surface area contributed by atoms with Crippen molar-refractivity contribution in [3.63, 3.8) is 0 Å². The van der Waals surface area contributed by atoms with Crippen LogP contribution >= 0.6 is 0 Å². The number of amides is 1. The fraction of sp³-hybridized carbons (Fsp3) is 0.533. The molecule has 0 radical (unpaired) electrons. The summed E-state index contributed by atoms with van der Waals surface area (Å²) >= 11 is 0. The van der Waals surface area contributed by atoms with Crippen molar-refractivity contribution in [2.45, 2.75) is 45.2 Å². The molecule has 1 aliphatic rings. The Labute approximate surface area is 134 Å². The van der Waals surface area contributed by atoms with Gasteiger partial charge in [0.1, 0.15) is 0 Å². The summed E-state index contributed by atoms with van der Waals surface area (Å²) in [5.41, 5.74) is 0.857. The number of pyridine rings is 1. The summed E-state index contributed by atoms with van der Waals surface area (Å²) in [6.07, 6.45) is 4.40. The quantitative estimate of drug-likeness (QED) is 0.886. The molecule has 1 amide bonds. The maximum Gasteiger partial charge on any atom is 0.231 e. The number of fused-ring (bicyclic) bond motifs is 1. The maximum absolute atomic E-state index is 12.6. The molecular formula is C15H20N6O2. The van der Waals surface area contributed by atoms with Crippen LogP contribution in [0.1, 0.15) is 43.5 Å². The molecule has 2 aromatic rings. The van der Waals surface area contributed by atoms with Crippen molar-refractivity contribution in [2.75, 3.05) is 6.61 Å². The summed E-state index contributed by atoms with van der Waals surface area (Å²) in [4.78, 5) is 16.8. The highest BCUT2D eigenvalue weighted by Gasteiger charge is 2.28. The first kappa shape index (κ1) is 15.4. The lowest BCUT2D eigenvalue weighted by atomic mass is 10.0. The van der Waals surface area contributed by atoms with E-state index in [1.165, 1.54) is 0 Å². The third-order valence-electron chi connectivity index (χ3n) is 3.88. The molecule has 8 heteroatoms. The number of carbonyl (C=O) groups is 1. The topological polar surface area (TPSA) is 94.8 Å². The second kappa shape index (κ2) is 7.17. The van der Waals surface area contributed by atoms with E-state index >= 15 is 0 Å². The van der Waals surface area contributed by atoms with Crippen molar-refractivity contribution in [3.05, 3.63) is 29.7 Å². The first-order valence-electron chi connectivity index (χ1n) is 7.90. The lowest BCUT2D eigenvalue weighted by molar-refractivity contribution is -0.123. The van der Waals surface area contributed by atoms with Crippen molar-refractivity contribution in [1.29, 1.82) is 0 Å². The number of hydrogen-bond donors (Lipinski definition) is 1. The van der Waals surface area contributed by atoms with Crippen LogP contribution in [-0.4, -0.2) is 37.7 Å². The number of rotatable bonds is 5. The zero-order valence-corrected chi connectivity index (χ0v) is 13.1. The van der Waals surface area contributed by atoms with Gasteiger partial charge in [0, 0.05) is 24.8 Å². The van der Waals surface area contributed by atoms with Crippen LogP contribution in [0.4, 0.5) is 0 Å². The van der Waals surface area contributed by atoms with Crippen molar-refractivity contribution in [2.24, 2.45) is 0 Å². The highest BCUT2D eigenvalue weighted by atomic mass is 16.5. The predicted molar refractivity (Wildman–Crippen MR) is 81.7 cm³/mol. The first-order valence-corrected chi connectivity index (χ1v) is 7.90. The van der Waals surface area contributed by atoms with Crippen LogP contribution in [0.2, 0.25) is 0 Å². The van der Waals surface area contributed by atoms with Gasteiger partial charge >= 0.3 is 0 Å². The lowest BCUT2D eigenvalue weighted by Gasteiger charge is -2.14. The van der Waals surface area contributed by atoms with Crippen LogP contribution in [0.5, 0.6) is 5.88 Å². The van der Waals surface area contributed by atoms with E-state index in [2.05, 4.69) is 25.8 Å². The van der Waals surface area contributed by atoms with E-state index in [1.54, 1.807) is 10.9 Å². The van der Waals surface area contributed by atoms with E-state index in [4.69, 9.17) is 4.74 Å². The van der Waals surface area contributed by atoms with E-state index < -0.39 is 0 Å². The van der Waals surface area contributed by atoms with E-state index in [9.17, 15) is 4.79 Å². The van der Waals surface area contributed by atoms with E-state index in [1.807, 2.05) is 19.1 Å². The van der Waals surface area contributed by atoms with Crippen molar-refractivity contribution in [3.8, 4) is 5.88 Å². The summed E-state index contributed by atoms with van der Waals surface area (Å²) in [7, 11) is 0. The summed E-state index contributed by atoms with van der Waals surface area (Å²) < 4.78 is 7.21. The number of nitrogens with one attached hydrogen (secondary N) is 1. The van der Waals surface area contributed by atoms with Gasteiger partial charge in [-0.25, -0.2) is 9.67 Å². The Kier molecular flexibility index (Phi) is 4.80. The second-order valence-corrected chi connectivity index (χ2v) is 5.43. The first-order chi connectivity index (χ1) is 11.3. The molecule has 0 aliphatic carbocycles. The molecule has 3 rings (SSSR count). The fourth-order valence-electron chi connectivity index (χ4n) is 2.74. The minimum atomic E-state index is -0.306. The van der Waals surface area contributed by atoms with Crippen molar-refractivity contribution < 1.29 is 9.53 Å². The average molecular weight is 316 g/mol. The standard InChI is InChI=1S/C15H20N6O2/c1-2-23-15-11(6-5-8-16-15)10-17-14(22)12-7-3-4-9-21-13(12)18-19-20-21/h5-6,8,12H,2-4,7,9-10H2,1H3,(H,17,22). The fourth-order valence-corrected chi connectivity index (χ4v) is 2.74. The molecule has 1 unspecified atom stereocenters. The van der Waals surface area contributed by atoms with Gasteiger partial charge < -0.3 is 10.1 Å². The monoisotopic (exact) mass is 316 g/mol. The van der Waals surface area contributed by atoms with Crippen LogP contribution in [0.3, 0.4) is 0 Å². The Bertz CT molecular complexity index is 671. The third kappa shape index (κ3) is 3.46. The molecule has 3 heterocycles. The zero-order chi connectivity index (χ0) is 16.1. The van der Waals surface area contributed by atoms with Gasteiger partial charge in [0.05, 0.1) is 12.5 Å². The molecule has 0 saturated heterocycles. The summed E-state index contributed by atoms with van der Waals surface area (Å²) in [6, 6.07) is 3.73. The molecule has 23 heavy (non-hydrogen) atoms. The molecule has 0 saturated carbocycles. The molecular weight excluding hydrogens is 296 g/mol. The molecule has 0 fully saturated rings. The second-order valence-electron chi connectivity index (χ2n) is 5.43. The predicted octanol–water partition coefficient (Wildman–Crippen LogP) is 1.05. The Morgan fingerprint density at radius 3 is 3.26 bits per heavy atom. The van der Waals surface area contributed by atoms with Crippen LogP contribution in [-0.2, 0) is 17.9 Å². The molecule has 2 aromatic heterocycles. The molecule has 8 nitrogen and oxygen atoms in total. The van der Waals surface area contributed by atoms with Crippen LogP contribution in [0.25, 0.3) is 0 Å². The van der Waals surface area contributed by atoms with E-state index in [0.29, 0.717) is 24.9 Å². The van der Waals surface area contributed by atoms with Gasteiger partial charge in [-0.1, -0.05) is 12.5 Å². The minimum absolute atomic E-state index is 0.0609. The number of aromatic nitrogens is 5. The smallest absolute Gasteiger partial charge is 0.231 e. The summed E-state index contributed by atoms with van der Waals surface area (Å²) in [6.45, 7) is 3.58. The van der Waals surface area contributed by atoms with Gasteiger partial charge in [-0.3, -0.25) is 4.79 Å². The minimum Gasteiger partial charge on any atom is -0.478 e. The number of hydrogen-bond acceptors (Lipinski definition) is 6. The molecule has 0 aromatic carbocycles. The molecule has 0 spiro atoms. The molecule has 1 N–H and O–H groups in total. The molecule has 1 atom stereocenters. The van der Waals surface area contributed by atoms with E-state index in [-0.39, 0.29) is 11.8 Å². The van der Waals surface area contributed by atoms with E-state index in [0.717, 1.165) is 31.4 Å². The summed E-state index contributed by atoms with van der Waals surface area (Å²) in [5.74, 6) is 0.839. The van der Waals surface area contributed by atoms with Gasteiger partial charge in [-0.05, 0) is 36.3 Å². The third-order valence-corrected chi connectivity index (χ3v) is 3.88. The SMILES string of the molecule is CCOc1ncccc1CNC(=O)C1CCCCn2nnnc21. The Hall–Kier alpha value is -2.51. The molecule has 122 valence electrons. The van der Waals surface area contributed by atoms with Crippen LogP contribution in [0, 0.1) is 0 Å². The van der Waals surface area contributed by atoms with Gasteiger partial charge in [0.25, 0.3) is 0 Å². The van der Waals surface area contributed by atoms with Crippen LogP contribution < -0.4 is 10.1 Å². The molecule has 0 bridgehead atoms. The van der Waals surface area contributed by atoms with Gasteiger partial charge in [0.15, 0.2) is 5.82 Å². The van der Waals surface area contributed by atoms with Crippen LogP contribution in [0.15, 0.2) is 18.3 Å². The Morgan fingerprint density at radius 2 is 2.39 bits per heavy atom. The Balaban J connectivity index is 1.69. The largest absolute Gasteiger partial charge is 0.478 e. The number of aryl methyl sites for hydroxylation is 1. The normalized spacial score (nSPS) is 17.2. The highest BCUT2D eigenvalue weighted by Crippen LogP contribution is 2.24. The van der Waals surface area contributed by atoms with Crippen molar-refractivity contribution in [1.82, 2.24) is 30.5 Å². The summed E-state index contributed by atoms with van der Waals surface area (Å²) in [5, 5.41) is 14.6. The molecule has 1 aliphatic heterocycles. The number of carbonyl (C=O) groups excluding carboxylic acids is 1. The van der Waals surface area contributed by atoms with Gasteiger partial charge in [-0.2, -0.15) is 0 Å². The highest BCUT2D eigenvalue weighted by molar-refractivity contribution is 5.82. The maximum atomic E-state index is 12.6. The number of ether oxygens (including phenoxy) is 1. The van der Waals surface area contributed by atoms with Gasteiger partial charge in [-0.15, -0.1) is 5.10 Å². The lowest BCUT2D eigenvalue weighted by Crippen LogP contribution is -2.30. The number of tetrazole rings is 1. The van der Waals surface area contributed by atoms with Crippen molar-refractivity contribution >= 4 is 5.91 Å². The zero-order valence-electron chi connectivity index (χ0n) is 13.1. The number of nitrogens with zero attached hydrogens (tertiary/aromatic N) is 5. The Morgan fingerprint density at radius 1 is 1.48 bits per heavy atom. The average Bonchev–Trinajstić information content (AvgIpc) is 2.93.